The second kappa shape index (κ2) is 7.12. The zero-order chi connectivity index (χ0) is 20.1. The molecule has 4 rings (SSSR count). The molecule has 6 nitrogen and oxygen atoms in total. The Labute approximate surface area is 167 Å². The molecule has 0 bridgehead atoms. The molecular weight excluding hydrogens is 356 g/mol. The van der Waals surface area contributed by atoms with E-state index in [0.717, 1.165) is 37.8 Å². The van der Waals surface area contributed by atoms with Crippen molar-refractivity contribution in [2.24, 2.45) is 51.3 Å². The maximum Gasteiger partial charge on any atom is 0.306 e. The van der Waals surface area contributed by atoms with Gasteiger partial charge in [0.05, 0.1) is 11.6 Å². The van der Waals surface area contributed by atoms with Gasteiger partial charge in [-0.05, 0) is 74.0 Å². The second-order valence-corrected chi connectivity index (χ2v) is 10.1. The molecule has 0 aliphatic heterocycles. The molecule has 0 heterocycles. The molecule has 0 aromatic carbocycles. The number of carboxylic acid groups (broad SMARTS) is 1. The molecule has 2 unspecified atom stereocenters. The van der Waals surface area contributed by atoms with Gasteiger partial charge >= 0.3 is 5.97 Å². The highest BCUT2D eigenvalue weighted by molar-refractivity contribution is 5.87. The lowest BCUT2D eigenvalue weighted by Gasteiger charge is -2.61. The second-order valence-electron chi connectivity index (χ2n) is 10.1. The number of ketones is 1. The topological polar surface area (TPSA) is 102 Å². The number of carboxylic acids is 1. The van der Waals surface area contributed by atoms with Gasteiger partial charge in [-0.25, -0.2) is 0 Å². The maximum absolute atomic E-state index is 12.6. The maximum atomic E-state index is 12.6. The number of fused-ring (bicyclic) bond motifs is 5. The van der Waals surface area contributed by atoms with Crippen molar-refractivity contribution < 1.29 is 19.5 Å². The highest BCUT2D eigenvalue weighted by Gasteiger charge is 2.63. The number of nitrogens with zero attached hydrogens (tertiary/aromatic N) is 1. The standard InChI is InChI=1S/C22H34N2O4/c1-21-7-5-13(24-28-10-9-23)11-18(21)15(20(26)27)12-14-16-3-4-19(25)22(16,2)8-6-17(14)21/h14-18H,3-12,23H2,1-2H3,(H,26,27)/t14-,15?,16-,17+,18?,21+,22-/m0/s1. The number of nitrogens with two attached hydrogens (primary N) is 1. The molecular formula is C22H34N2O4. The molecule has 4 saturated carbocycles. The summed E-state index contributed by atoms with van der Waals surface area (Å²) < 4.78 is 0. The third-order valence-electron chi connectivity index (χ3n) is 8.98. The molecule has 156 valence electrons. The first-order valence-electron chi connectivity index (χ1n) is 10.9. The summed E-state index contributed by atoms with van der Waals surface area (Å²) in [5.74, 6) is 0.705. The number of carbonyl (C=O) groups excluding carboxylic acids is 1. The highest BCUT2D eigenvalue weighted by Crippen LogP contribution is 2.66. The van der Waals surface area contributed by atoms with Crippen LogP contribution in [-0.2, 0) is 14.4 Å². The summed E-state index contributed by atoms with van der Waals surface area (Å²) in [5, 5.41) is 14.4. The fourth-order valence-electron chi connectivity index (χ4n) is 7.46. The van der Waals surface area contributed by atoms with Gasteiger partial charge < -0.3 is 15.7 Å². The van der Waals surface area contributed by atoms with E-state index in [0.29, 0.717) is 56.0 Å². The van der Waals surface area contributed by atoms with Crippen LogP contribution >= 0.6 is 0 Å². The quantitative estimate of drug-likeness (QED) is 0.567. The number of rotatable bonds is 4. The van der Waals surface area contributed by atoms with E-state index >= 15 is 0 Å². The van der Waals surface area contributed by atoms with Gasteiger partial charge in [0.15, 0.2) is 0 Å². The number of Topliss-reactive ketones (excluding diaryl/α,β-unsaturated/α-hetero) is 1. The van der Waals surface area contributed by atoms with Crippen molar-refractivity contribution >= 4 is 17.5 Å². The van der Waals surface area contributed by atoms with Crippen molar-refractivity contribution in [3.05, 3.63) is 0 Å². The van der Waals surface area contributed by atoms with E-state index < -0.39 is 5.97 Å². The molecule has 0 amide bonds. The Kier molecular flexibility index (Phi) is 5.05. The molecule has 4 aliphatic carbocycles. The number of carbonyl (C=O) groups is 2. The van der Waals surface area contributed by atoms with Crippen molar-refractivity contribution in [3.8, 4) is 0 Å². The summed E-state index contributed by atoms with van der Waals surface area (Å²) in [5.41, 5.74) is 6.25. The highest BCUT2D eigenvalue weighted by atomic mass is 16.6. The number of oxime groups is 1. The summed E-state index contributed by atoms with van der Waals surface area (Å²) >= 11 is 0. The average molecular weight is 391 g/mol. The number of aliphatic carboxylic acids is 1. The van der Waals surface area contributed by atoms with Crippen LogP contribution < -0.4 is 5.73 Å². The lowest BCUT2D eigenvalue weighted by molar-refractivity contribution is -0.164. The molecule has 0 aromatic rings. The van der Waals surface area contributed by atoms with Crippen LogP contribution in [0.1, 0.15) is 65.2 Å². The van der Waals surface area contributed by atoms with Crippen LogP contribution in [0.2, 0.25) is 0 Å². The lowest BCUT2D eigenvalue weighted by Crippen LogP contribution is -2.57. The first kappa shape index (κ1) is 19.9. The van der Waals surface area contributed by atoms with Crippen molar-refractivity contribution in [3.63, 3.8) is 0 Å². The zero-order valence-corrected chi connectivity index (χ0v) is 17.2. The zero-order valence-electron chi connectivity index (χ0n) is 17.2. The van der Waals surface area contributed by atoms with Gasteiger partial charge in [0, 0.05) is 18.4 Å². The van der Waals surface area contributed by atoms with Gasteiger partial charge in [-0.2, -0.15) is 0 Å². The molecule has 0 radical (unpaired) electrons. The van der Waals surface area contributed by atoms with E-state index in [1.165, 1.54) is 0 Å². The molecule has 0 aromatic heterocycles. The minimum Gasteiger partial charge on any atom is -0.481 e. The average Bonchev–Trinajstić information content (AvgIpc) is 2.96. The molecule has 0 saturated heterocycles. The van der Waals surface area contributed by atoms with Gasteiger partial charge in [-0.1, -0.05) is 19.0 Å². The Bertz CT molecular complexity index is 692. The Morgan fingerprint density at radius 3 is 2.71 bits per heavy atom. The Morgan fingerprint density at radius 2 is 2.00 bits per heavy atom. The predicted molar refractivity (Wildman–Crippen MR) is 106 cm³/mol. The molecule has 0 spiro atoms. The molecule has 28 heavy (non-hydrogen) atoms. The van der Waals surface area contributed by atoms with Gasteiger partial charge in [0.25, 0.3) is 0 Å². The van der Waals surface area contributed by atoms with Crippen LogP contribution in [0.4, 0.5) is 0 Å². The van der Waals surface area contributed by atoms with Crippen molar-refractivity contribution in [2.45, 2.75) is 65.2 Å². The fourth-order valence-corrected chi connectivity index (χ4v) is 7.46. The number of hydrogen-bond acceptors (Lipinski definition) is 5. The third kappa shape index (κ3) is 2.90. The van der Waals surface area contributed by atoms with Crippen LogP contribution in [0.3, 0.4) is 0 Å². The normalized spacial score (nSPS) is 46.6. The van der Waals surface area contributed by atoms with Crippen LogP contribution in [-0.4, -0.2) is 35.7 Å². The lowest BCUT2D eigenvalue weighted by atomic mass is 9.43. The Balaban J connectivity index is 1.63. The first-order valence-corrected chi connectivity index (χ1v) is 10.9. The van der Waals surface area contributed by atoms with Gasteiger partial charge in [-0.15, -0.1) is 0 Å². The SMILES string of the molecule is C[C@]12CCC(=NOCCN)CC1C(C(=O)O)C[C@@H]1[C@H]2CC[C@]2(C)C(=O)CC[C@@H]12. The van der Waals surface area contributed by atoms with Gasteiger partial charge in [0.2, 0.25) is 0 Å². The van der Waals surface area contributed by atoms with E-state index in [-0.39, 0.29) is 22.7 Å². The van der Waals surface area contributed by atoms with Crippen molar-refractivity contribution in [1.82, 2.24) is 0 Å². The van der Waals surface area contributed by atoms with Crippen LogP contribution in [0.15, 0.2) is 5.16 Å². The Morgan fingerprint density at radius 1 is 1.21 bits per heavy atom. The molecule has 7 atom stereocenters. The fraction of sp³-hybridized carbons (Fsp3) is 0.864. The van der Waals surface area contributed by atoms with E-state index in [1.807, 2.05) is 0 Å². The van der Waals surface area contributed by atoms with Crippen molar-refractivity contribution in [2.75, 3.05) is 13.2 Å². The van der Waals surface area contributed by atoms with Crippen LogP contribution in [0.5, 0.6) is 0 Å². The van der Waals surface area contributed by atoms with E-state index in [1.54, 1.807) is 0 Å². The van der Waals surface area contributed by atoms with Gasteiger partial charge in [-0.3, -0.25) is 9.59 Å². The Hall–Kier alpha value is -1.43. The predicted octanol–water partition coefficient (Wildman–Crippen LogP) is 3.24. The smallest absolute Gasteiger partial charge is 0.306 e. The summed E-state index contributed by atoms with van der Waals surface area (Å²) in [6.45, 7) is 5.29. The van der Waals surface area contributed by atoms with Crippen LogP contribution in [0, 0.1) is 40.4 Å². The largest absolute Gasteiger partial charge is 0.481 e. The first-order chi connectivity index (χ1) is 13.3. The van der Waals surface area contributed by atoms with E-state index in [9.17, 15) is 14.7 Å². The van der Waals surface area contributed by atoms with Crippen LogP contribution in [0.25, 0.3) is 0 Å². The monoisotopic (exact) mass is 390 g/mol. The summed E-state index contributed by atoms with van der Waals surface area (Å²) in [6, 6.07) is 0. The summed E-state index contributed by atoms with van der Waals surface area (Å²) in [6.07, 6.45) is 6.91. The summed E-state index contributed by atoms with van der Waals surface area (Å²) in [7, 11) is 0. The minimum atomic E-state index is -0.685. The minimum absolute atomic E-state index is 0.00578. The number of hydrogen-bond donors (Lipinski definition) is 2. The van der Waals surface area contributed by atoms with Gasteiger partial charge in [0.1, 0.15) is 12.4 Å². The third-order valence-corrected chi connectivity index (χ3v) is 8.98. The molecule has 6 heteroatoms. The van der Waals surface area contributed by atoms with E-state index in [2.05, 4.69) is 19.0 Å². The molecule has 4 aliphatic rings. The van der Waals surface area contributed by atoms with E-state index in [4.69, 9.17) is 10.6 Å². The molecule has 4 fully saturated rings. The van der Waals surface area contributed by atoms with Crippen molar-refractivity contribution in [1.29, 1.82) is 0 Å². The molecule has 3 N–H and O–H groups in total. The summed E-state index contributed by atoms with van der Waals surface area (Å²) in [4.78, 5) is 30.2.